The summed E-state index contributed by atoms with van der Waals surface area (Å²) >= 11 is 0. The predicted octanol–water partition coefficient (Wildman–Crippen LogP) is 2.99. The van der Waals surface area contributed by atoms with Crippen molar-refractivity contribution in [1.29, 1.82) is 0 Å². The smallest absolute Gasteiger partial charge is 0.317 e. The molecule has 2 N–H and O–H groups in total. The maximum absolute atomic E-state index is 13.1. The van der Waals surface area contributed by atoms with Gasteiger partial charge in [0.05, 0.1) is 12.1 Å². The fourth-order valence-corrected chi connectivity index (χ4v) is 3.93. The van der Waals surface area contributed by atoms with Crippen LogP contribution >= 0.6 is 0 Å². The van der Waals surface area contributed by atoms with E-state index >= 15 is 0 Å². The lowest BCUT2D eigenvalue weighted by atomic mass is 10.0. The topological polar surface area (TPSA) is 81.1 Å². The van der Waals surface area contributed by atoms with E-state index in [1.54, 1.807) is 17.0 Å². The van der Waals surface area contributed by atoms with Gasteiger partial charge in [-0.1, -0.05) is 36.4 Å². The second-order valence-corrected chi connectivity index (χ2v) is 7.70. The minimum absolute atomic E-state index is 0.000925. The highest BCUT2D eigenvalue weighted by molar-refractivity contribution is 5.97. The highest BCUT2D eigenvalue weighted by Gasteiger charge is 2.26. The zero-order chi connectivity index (χ0) is 20.8. The summed E-state index contributed by atoms with van der Waals surface area (Å²) in [4.78, 5) is 27.7. The Morgan fingerprint density at radius 3 is 2.55 bits per heavy atom. The van der Waals surface area contributed by atoms with Crippen LogP contribution in [0.4, 0.5) is 0 Å². The number of phenolic OH excluding ortho intramolecular Hbond substituents is 1. The van der Waals surface area contributed by atoms with Gasteiger partial charge < -0.3 is 15.1 Å². The van der Waals surface area contributed by atoms with Crippen LogP contribution in [0.3, 0.4) is 0 Å². The average molecular weight is 396 g/mol. The molecule has 1 saturated heterocycles. The Bertz CT molecular complexity index is 853. The summed E-state index contributed by atoms with van der Waals surface area (Å²) in [7, 11) is 1.81. The number of phenols is 1. The van der Waals surface area contributed by atoms with Crippen LogP contribution in [0, 0.1) is 0 Å². The molecule has 6 heteroatoms. The van der Waals surface area contributed by atoms with Gasteiger partial charge in [0, 0.05) is 19.1 Å². The lowest BCUT2D eigenvalue weighted by Crippen LogP contribution is -2.37. The Kier molecular flexibility index (Phi) is 6.88. The SMILES string of the molecule is CN(CC(=O)O)C1CCCN(C(=O)c2cc(Cc3ccccc3)ccc2O)CC1. The summed E-state index contributed by atoms with van der Waals surface area (Å²) in [6.07, 6.45) is 3.09. The Morgan fingerprint density at radius 2 is 1.83 bits per heavy atom. The second-order valence-electron chi connectivity index (χ2n) is 7.70. The van der Waals surface area contributed by atoms with Gasteiger partial charge in [-0.15, -0.1) is 0 Å². The zero-order valence-electron chi connectivity index (χ0n) is 16.8. The van der Waals surface area contributed by atoms with Gasteiger partial charge in [0.25, 0.3) is 5.91 Å². The number of carbonyl (C=O) groups is 2. The predicted molar refractivity (Wildman–Crippen MR) is 111 cm³/mol. The molecule has 1 atom stereocenters. The number of amides is 1. The first-order chi connectivity index (χ1) is 13.9. The molecule has 2 aromatic rings. The van der Waals surface area contributed by atoms with Gasteiger partial charge >= 0.3 is 5.97 Å². The number of carbonyl (C=O) groups excluding carboxylic acids is 1. The molecular formula is C23H28N2O4. The van der Waals surface area contributed by atoms with E-state index in [0.717, 1.165) is 30.4 Å². The zero-order valence-corrected chi connectivity index (χ0v) is 16.8. The molecule has 0 radical (unpaired) electrons. The van der Waals surface area contributed by atoms with E-state index in [9.17, 15) is 14.7 Å². The molecule has 0 spiro atoms. The van der Waals surface area contributed by atoms with Crippen molar-refractivity contribution >= 4 is 11.9 Å². The molecule has 0 aromatic heterocycles. The van der Waals surface area contributed by atoms with Crippen LogP contribution in [0.5, 0.6) is 5.75 Å². The van der Waals surface area contributed by atoms with Crippen molar-refractivity contribution in [3.05, 3.63) is 65.2 Å². The van der Waals surface area contributed by atoms with Crippen LogP contribution in [0.2, 0.25) is 0 Å². The van der Waals surface area contributed by atoms with Crippen molar-refractivity contribution < 1.29 is 19.8 Å². The number of rotatable bonds is 6. The van der Waals surface area contributed by atoms with Gasteiger partial charge in [0.15, 0.2) is 0 Å². The monoisotopic (exact) mass is 396 g/mol. The number of carboxylic acid groups (broad SMARTS) is 1. The van der Waals surface area contributed by atoms with Crippen molar-refractivity contribution in [2.75, 3.05) is 26.7 Å². The van der Waals surface area contributed by atoms with Crippen LogP contribution in [-0.2, 0) is 11.2 Å². The van der Waals surface area contributed by atoms with Gasteiger partial charge in [-0.3, -0.25) is 14.5 Å². The van der Waals surface area contributed by atoms with Crippen LogP contribution in [0.1, 0.15) is 40.7 Å². The second kappa shape index (κ2) is 9.56. The molecule has 1 aliphatic rings. The number of nitrogens with zero attached hydrogens (tertiary/aromatic N) is 2. The van der Waals surface area contributed by atoms with Crippen LogP contribution in [-0.4, -0.2) is 64.6 Å². The summed E-state index contributed by atoms with van der Waals surface area (Å²) in [5.74, 6) is -1.01. The highest BCUT2D eigenvalue weighted by Crippen LogP contribution is 2.24. The number of carboxylic acids is 1. The highest BCUT2D eigenvalue weighted by atomic mass is 16.4. The van der Waals surface area contributed by atoms with E-state index in [4.69, 9.17) is 5.11 Å². The van der Waals surface area contributed by atoms with E-state index in [2.05, 4.69) is 0 Å². The Hall–Kier alpha value is -2.86. The van der Waals surface area contributed by atoms with Gasteiger partial charge in [0.1, 0.15) is 5.75 Å². The summed E-state index contributed by atoms with van der Waals surface area (Å²) in [6, 6.07) is 15.4. The molecule has 1 unspecified atom stereocenters. The molecule has 154 valence electrons. The van der Waals surface area contributed by atoms with Crippen molar-refractivity contribution in [3.63, 3.8) is 0 Å². The van der Waals surface area contributed by atoms with Crippen LogP contribution in [0.15, 0.2) is 48.5 Å². The summed E-state index contributed by atoms with van der Waals surface area (Å²) in [6.45, 7) is 1.16. The molecule has 6 nitrogen and oxygen atoms in total. The maximum atomic E-state index is 13.1. The number of hydrogen-bond acceptors (Lipinski definition) is 4. The standard InChI is InChI=1S/C23H28N2O4/c1-24(16-22(27)28)19-8-5-12-25(13-11-19)23(29)20-15-18(9-10-21(20)26)14-17-6-3-2-4-7-17/h2-4,6-7,9-10,15,19,26H,5,8,11-14,16H2,1H3,(H,27,28). The molecular weight excluding hydrogens is 368 g/mol. The van der Waals surface area contributed by atoms with E-state index in [1.165, 1.54) is 0 Å². The van der Waals surface area contributed by atoms with E-state index in [-0.39, 0.29) is 24.2 Å². The number of likely N-dealkylation sites (tertiary alicyclic amines) is 1. The van der Waals surface area contributed by atoms with Gasteiger partial charge in [-0.25, -0.2) is 0 Å². The largest absolute Gasteiger partial charge is 0.507 e. The molecule has 0 saturated carbocycles. The van der Waals surface area contributed by atoms with Crippen LogP contribution < -0.4 is 0 Å². The van der Waals surface area contributed by atoms with Gasteiger partial charge in [0.2, 0.25) is 0 Å². The summed E-state index contributed by atoms with van der Waals surface area (Å²) < 4.78 is 0. The minimum atomic E-state index is -0.843. The van der Waals surface area contributed by atoms with E-state index < -0.39 is 5.97 Å². The third-order valence-electron chi connectivity index (χ3n) is 5.54. The molecule has 1 heterocycles. The molecule has 0 aliphatic carbocycles. The first-order valence-electron chi connectivity index (χ1n) is 10.0. The number of hydrogen-bond donors (Lipinski definition) is 2. The number of aromatic hydroxyl groups is 1. The first kappa shape index (κ1) is 20.9. The lowest BCUT2D eigenvalue weighted by Gasteiger charge is -2.25. The minimum Gasteiger partial charge on any atom is -0.507 e. The molecule has 3 rings (SSSR count). The first-order valence-corrected chi connectivity index (χ1v) is 10.0. The summed E-state index contributed by atoms with van der Waals surface area (Å²) in [5.41, 5.74) is 2.46. The Morgan fingerprint density at radius 1 is 1.07 bits per heavy atom. The quantitative estimate of drug-likeness (QED) is 0.785. The van der Waals surface area contributed by atoms with Crippen molar-refractivity contribution in [3.8, 4) is 5.75 Å². The average Bonchev–Trinajstić information content (AvgIpc) is 2.95. The molecule has 0 bridgehead atoms. The van der Waals surface area contributed by atoms with Crippen molar-refractivity contribution in [2.45, 2.75) is 31.7 Å². The Labute approximate surface area is 171 Å². The normalized spacial score (nSPS) is 17.2. The van der Waals surface area contributed by atoms with E-state index in [0.29, 0.717) is 25.1 Å². The molecule has 1 aliphatic heterocycles. The molecule has 2 aromatic carbocycles. The van der Waals surface area contributed by atoms with Gasteiger partial charge in [-0.2, -0.15) is 0 Å². The fourth-order valence-electron chi connectivity index (χ4n) is 3.93. The molecule has 1 fully saturated rings. The third kappa shape index (κ3) is 5.57. The molecule has 29 heavy (non-hydrogen) atoms. The van der Waals surface area contributed by atoms with E-state index in [1.807, 2.05) is 48.3 Å². The van der Waals surface area contributed by atoms with Gasteiger partial charge in [-0.05, 0) is 56.0 Å². The number of aliphatic carboxylic acids is 1. The number of likely N-dealkylation sites (N-methyl/N-ethyl adjacent to an activating group) is 1. The third-order valence-corrected chi connectivity index (χ3v) is 5.54. The molecule has 1 amide bonds. The lowest BCUT2D eigenvalue weighted by molar-refractivity contribution is -0.138. The fraction of sp³-hybridized carbons (Fsp3) is 0.391. The number of benzene rings is 2. The Balaban J connectivity index is 1.69. The van der Waals surface area contributed by atoms with Crippen molar-refractivity contribution in [1.82, 2.24) is 9.80 Å². The van der Waals surface area contributed by atoms with Crippen molar-refractivity contribution in [2.24, 2.45) is 0 Å². The maximum Gasteiger partial charge on any atom is 0.317 e. The summed E-state index contributed by atoms with van der Waals surface area (Å²) in [5, 5.41) is 19.3. The van der Waals surface area contributed by atoms with Crippen LogP contribution in [0.25, 0.3) is 0 Å².